The van der Waals surface area contributed by atoms with Gasteiger partial charge in [0.15, 0.2) is 0 Å². The highest BCUT2D eigenvalue weighted by atomic mass is 19.2. The van der Waals surface area contributed by atoms with E-state index in [4.69, 9.17) is 15.6 Å². The third-order valence-electron chi connectivity index (χ3n) is 7.04. The Morgan fingerprint density at radius 1 is 1.16 bits per heavy atom. The molecule has 1 aromatic carbocycles. The normalized spacial score (nSPS) is 19.8. The summed E-state index contributed by atoms with van der Waals surface area (Å²) >= 11 is 0. The van der Waals surface area contributed by atoms with E-state index in [1.165, 1.54) is 11.1 Å². The van der Waals surface area contributed by atoms with Crippen LogP contribution in [-0.2, 0) is 15.0 Å². The fourth-order valence-corrected chi connectivity index (χ4v) is 4.30. The third-order valence-corrected chi connectivity index (χ3v) is 7.04. The maximum atomic E-state index is 14.7. The van der Waals surface area contributed by atoms with Gasteiger partial charge in [-0.05, 0) is 53.1 Å². The van der Waals surface area contributed by atoms with Crippen molar-refractivity contribution in [3.05, 3.63) is 35.4 Å². The number of nitrogens with zero attached hydrogens (tertiary/aromatic N) is 1. The van der Waals surface area contributed by atoms with Gasteiger partial charge in [0.1, 0.15) is 0 Å². The zero-order valence-corrected chi connectivity index (χ0v) is 20.9. The quantitative estimate of drug-likeness (QED) is 0.523. The summed E-state index contributed by atoms with van der Waals surface area (Å²) in [5, 5.41) is 7.81. The van der Waals surface area contributed by atoms with Crippen LogP contribution in [0.25, 0.3) is 0 Å². The molecular formula is C26H43FN2O3. The number of carboxylic acid groups (broad SMARTS) is 1. The summed E-state index contributed by atoms with van der Waals surface area (Å²) in [5.74, 6) is -0.579. The molecule has 2 rings (SSSR count). The molecule has 182 valence electrons. The fourth-order valence-electron chi connectivity index (χ4n) is 4.30. The Labute approximate surface area is 193 Å². The minimum Gasteiger partial charge on any atom is -0.481 e. The summed E-state index contributed by atoms with van der Waals surface area (Å²) in [6, 6.07) is 7.86. The second kappa shape index (κ2) is 12.3. The van der Waals surface area contributed by atoms with Gasteiger partial charge in [0.25, 0.3) is 11.9 Å². The minimum atomic E-state index is -0.833. The number of carbonyl (C=O) groups excluding carboxylic acids is 1. The van der Waals surface area contributed by atoms with Crippen molar-refractivity contribution < 1.29 is 19.2 Å². The Morgan fingerprint density at radius 3 is 2.22 bits per heavy atom. The van der Waals surface area contributed by atoms with Crippen LogP contribution in [0.5, 0.6) is 0 Å². The largest absolute Gasteiger partial charge is 0.481 e. The molecule has 1 aromatic rings. The molecule has 1 saturated carbocycles. The Hall–Kier alpha value is -1.95. The van der Waals surface area contributed by atoms with E-state index in [0.717, 1.165) is 32.6 Å². The molecule has 0 heterocycles. The molecule has 3 atom stereocenters. The van der Waals surface area contributed by atoms with Gasteiger partial charge in [-0.25, -0.2) is 0 Å². The molecule has 1 fully saturated rings. The first-order valence-corrected chi connectivity index (χ1v) is 11.8. The van der Waals surface area contributed by atoms with Crippen LogP contribution in [0, 0.1) is 17.8 Å². The number of carbonyl (C=O) groups is 2. The van der Waals surface area contributed by atoms with Crippen LogP contribution in [0.1, 0.15) is 91.2 Å². The number of halogens is 1. The second-order valence-electron chi connectivity index (χ2n) is 10.3. The summed E-state index contributed by atoms with van der Waals surface area (Å²) in [5.41, 5.74) is 8.63. The maximum Gasteiger partial charge on any atom is 0.300 e. The highest BCUT2D eigenvalue weighted by Crippen LogP contribution is 2.44. The van der Waals surface area contributed by atoms with E-state index in [-0.39, 0.29) is 29.7 Å². The third kappa shape index (κ3) is 7.58. The van der Waals surface area contributed by atoms with Crippen LogP contribution in [0.4, 0.5) is 4.48 Å². The monoisotopic (exact) mass is 450 g/mol. The van der Waals surface area contributed by atoms with Gasteiger partial charge in [-0.1, -0.05) is 83.1 Å². The minimum absolute atomic E-state index is 0.0454. The van der Waals surface area contributed by atoms with E-state index in [1.54, 1.807) is 0 Å². The van der Waals surface area contributed by atoms with E-state index < -0.39 is 17.9 Å². The molecule has 0 bridgehead atoms. The van der Waals surface area contributed by atoms with Crippen molar-refractivity contribution in [3.63, 3.8) is 0 Å². The Bertz CT molecular complexity index is 744. The number of hydrogen-bond acceptors (Lipinski definition) is 3. The standard InChI is InChI=1S/C24H39FN2O.C2H4O2/c1-16(2)22(26)23(28)27(25)15-18-11-7-8-12-19(18)20-13-9-10-14-21(20)24(5,6)17(3)4;1-2(3)4/h9-10,13-14,16-19,22H,7-8,11-12,15,26H2,1-6H3;1H3,(H,3,4)/t18?,19?,22-;/m0./s1. The summed E-state index contributed by atoms with van der Waals surface area (Å²) in [6.45, 7) is 14.0. The first-order chi connectivity index (χ1) is 14.8. The van der Waals surface area contributed by atoms with Crippen LogP contribution in [-0.4, -0.2) is 34.7 Å². The van der Waals surface area contributed by atoms with Gasteiger partial charge in [0.2, 0.25) is 0 Å². The molecule has 1 aliphatic carbocycles. The van der Waals surface area contributed by atoms with Crippen molar-refractivity contribution in [2.24, 2.45) is 23.5 Å². The van der Waals surface area contributed by atoms with E-state index in [0.29, 0.717) is 11.0 Å². The molecule has 0 aliphatic heterocycles. The van der Waals surface area contributed by atoms with Crippen molar-refractivity contribution in [3.8, 4) is 0 Å². The number of rotatable bonds is 7. The summed E-state index contributed by atoms with van der Waals surface area (Å²) in [4.78, 5) is 21.3. The number of aliphatic carboxylic acids is 1. The van der Waals surface area contributed by atoms with Crippen LogP contribution in [0.2, 0.25) is 0 Å². The van der Waals surface area contributed by atoms with Crippen molar-refractivity contribution in [2.75, 3.05) is 6.54 Å². The predicted octanol–water partition coefficient (Wildman–Crippen LogP) is 5.68. The van der Waals surface area contributed by atoms with Gasteiger partial charge in [0, 0.05) is 6.92 Å². The van der Waals surface area contributed by atoms with Crippen molar-refractivity contribution in [2.45, 2.75) is 91.5 Å². The molecule has 32 heavy (non-hydrogen) atoms. The summed E-state index contributed by atoms with van der Waals surface area (Å²) in [6.07, 6.45) is 4.25. The van der Waals surface area contributed by atoms with Crippen molar-refractivity contribution in [1.29, 1.82) is 0 Å². The zero-order chi connectivity index (χ0) is 24.6. The summed E-state index contributed by atoms with van der Waals surface area (Å²) in [7, 11) is 0. The lowest BCUT2D eigenvalue weighted by molar-refractivity contribution is -0.151. The fraction of sp³-hybridized carbons (Fsp3) is 0.692. The molecular weight excluding hydrogens is 407 g/mol. The maximum absolute atomic E-state index is 14.7. The Morgan fingerprint density at radius 2 is 1.69 bits per heavy atom. The van der Waals surface area contributed by atoms with Crippen LogP contribution in [0.3, 0.4) is 0 Å². The molecule has 5 nitrogen and oxygen atoms in total. The highest BCUT2D eigenvalue weighted by molar-refractivity contribution is 5.80. The molecule has 2 unspecified atom stereocenters. The molecule has 0 saturated heterocycles. The Kier molecular flexibility index (Phi) is 10.8. The average molecular weight is 451 g/mol. The van der Waals surface area contributed by atoms with Gasteiger partial charge < -0.3 is 10.8 Å². The van der Waals surface area contributed by atoms with Crippen molar-refractivity contribution >= 4 is 11.9 Å². The lowest BCUT2D eigenvalue weighted by atomic mass is 9.67. The molecule has 3 N–H and O–H groups in total. The average Bonchev–Trinajstić information content (AvgIpc) is 2.72. The molecule has 0 spiro atoms. The SMILES string of the molecule is CC(=O)O.CC(C)[C@H](N)C(=O)N(F)CC1CCCCC1c1ccccc1C(C)(C)C(C)C. The van der Waals surface area contributed by atoms with Gasteiger partial charge in [-0.15, -0.1) is 0 Å². The van der Waals surface area contributed by atoms with Crippen LogP contribution < -0.4 is 5.73 Å². The lowest BCUT2D eigenvalue weighted by Crippen LogP contribution is -2.45. The topological polar surface area (TPSA) is 83.6 Å². The van der Waals surface area contributed by atoms with Crippen molar-refractivity contribution in [1.82, 2.24) is 5.12 Å². The lowest BCUT2D eigenvalue weighted by Gasteiger charge is -2.39. The van der Waals surface area contributed by atoms with E-state index in [9.17, 15) is 9.28 Å². The molecule has 0 aromatic heterocycles. The number of nitrogens with two attached hydrogens (primary N) is 1. The first kappa shape index (κ1) is 28.1. The number of hydrogen-bond donors (Lipinski definition) is 2. The van der Waals surface area contributed by atoms with E-state index >= 15 is 0 Å². The predicted molar refractivity (Wildman–Crippen MR) is 128 cm³/mol. The van der Waals surface area contributed by atoms with Gasteiger partial charge in [-0.3, -0.25) is 9.59 Å². The van der Waals surface area contributed by atoms with Crippen LogP contribution >= 0.6 is 0 Å². The van der Waals surface area contributed by atoms with E-state index in [1.807, 2.05) is 13.8 Å². The van der Waals surface area contributed by atoms with Gasteiger partial charge in [0.05, 0.1) is 12.6 Å². The highest BCUT2D eigenvalue weighted by Gasteiger charge is 2.35. The van der Waals surface area contributed by atoms with E-state index in [2.05, 4.69) is 52.0 Å². The molecule has 0 radical (unpaired) electrons. The zero-order valence-electron chi connectivity index (χ0n) is 20.9. The van der Waals surface area contributed by atoms with Gasteiger partial charge in [-0.2, -0.15) is 5.12 Å². The second-order valence-corrected chi connectivity index (χ2v) is 10.3. The Balaban J connectivity index is 0.00000118. The molecule has 6 heteroatoms. The summed E-state index contributed by atoms with van der Waals surface area (Å²) < 4.78 is 14.7. The molecule has 1 amide bonds. The smallest absolute Gasteiger partial charge is 0.300 e. The van der Waals surface area contributed by atoms with Crippen LogP contribution in [0.15, 0.2) is 24.3 Å². The molecule has 1 aliphatic rings. The van der Waals surface area contributed by atoms with Gasteiger partial charge >= 0.3 is 0 Å². The number of carboxylic acids is 1. The first-order valence-electron chi connectivity index (χ1n) is 11.8. The number of benzene rings is 1. The number of amides is 1.